The van der Waals surface area contributed by atoms with Gasteiger partial charge >= 0.3 is 5.97 Å². The van der Waals surface area contributed by atoms with Crippen LogP contribution in [-0.2, 0) is 4.79 Å². The van der Waals surface area contributed by atoms with Gasteiger partial charge in [0, 0.05) is 12.0 Å². The van der Waals surface area contributed by atoms with Gasteiger partial charge in [-0.1, -0.05) is 30.4 Å². The number of hydrogen-bond acceptors (Lipinski definition) is 3. The molecule has 0 aromatic heterocycles. The van der Waals surface area contributed by atoms with E-state index in [-0.39, 0.29) is 11.9 Å². The third-order valence-electron chi connectivity index (χ3n) is 4.02. The first-order valence-corrected chi connectivity index (χ1v) is 7.73. The average molecular weight is 295 g/mol. The van der Waals surface area contributed by atoms with Gasteiger partial charge in [0.25, 0.3) is 0 Å². The second kappa shape index (κ2) is 8.19. The molecule has 1 aromatic rings. The zero-order chi connectivity index (χ0) is 15.8. The predicted molar refractivity (Wildman–Crippen MR) is 86.3 cm³/mol. The minimum Gasteiger partial charge on any atom is -0.423 e. The Balaban J connectivity index is 1.91. The second-order valence-electron chi connectivity index (χ2n) is 5.55. The van der Waals surface area contributed by atoms with Gasteiger partial charge in [0.2, 0.25) is 0 Å². The molecule has 1 fully saturated rings. The quantitative estimate of drug-likeness (QED) is 0.355. The molecule has 0 aliphatic heterocycles. The number of allylic oxidation sites excluding steroid dienone is 3. The van der Waals surface area contributed by atoms with E-state index in [1.165, 1.54) is 11.6 Å². The van der Waals surface area contributed by atoms with Gasteiger partial charge in [0.05, 0.1) is 6.07 Å². The highest BCUT2D eigenvalue weighted by Crippen LogP contribution is 2.35. The summed E-state index contributed by atoms with van der Waals surface area (Å²) in [5.74, 6) is 0.925. The lowest BCUT2D eigenvalue weighted by Crippen LogP contribution is -2.12. The van der Waals surface area contributed by atoms with Gasteiger partial charge < -0.3 is 4.74 Å². The molecule has 1 aliphatic carbocycles. The van der Waals surface area contributed by atoms with Crippen molar-refractivity contribution in [3.8, 4) is 11.8 Å². The Morgan fingerprint density at radius 3 is 2.45 bits per heavy atom. The van der Waals surface area contributed by atoms with Crippen molar-refractivity contribution in [3.63, 3.8) is 0 Å². The highest BCUT2D eigenvalue weighted by Gasteiger charge is 2.21. The Hall–Kier alpha value is -2.34. The predicted octanol–water partition coefficient (Wildman–Crippen LogP) is 4.52. The van der Waals surface area contributed by atoms with Gasteiger partial charge in [-0.05, 0) is 56.2 Å². The van der Waals surface area contributed by atoms with E-state index in [0.29, 0.717) is 11.7 Å². The molecule has 1 aromatic carbocycles. The lowest BCUT2D eigenvalue weighted by Gasteiger charge is -2.25. The van der Waals surface area contributed by atoms with Crippen LogP contribution in [0.25, 0.3) is 0 Å². The molecule has 0 atom stereocenters. The van der Waals surface area contributed by atoms with Crippen LogP contribution in [0.3, 0.4) is 0 Å². The molecule has 3 nitrogen and oxygen atoms in total. The number of rotatable bonds is 4. The average Bonchev–Trinajstić information content (AvgIpc) is 2.56. The molecule has 114 valence electrons. The number of ether oxygens (including phenoxy) is 1. The molecule has 1 saturated carbocycles. The van der Waals surface area contributed by atoms with Crippen LogP contribution in [0.1, 0.15) is 44.1 Å². The van der Waals surface area contributed by atoms with Crippen molar-refractivity contribution in [2.24, 2.45) is 5.92 Å². The molecule has 2 rings (SSSR count). The summed E-state index contributed by atoms with van der Waals surface area (Å²) >= 11 is 0. The molecule has 0 amide bonds. The highest BCUT2D eigenvalue weighted by molar-refractivity contribution is 5.84. The van der Waals surface area contributed by atoms with Crippen molar-refractivity contribution >= 4 is 5.97 Å². The molecule has 1 aliphatic rings. The van der Waals surface area contributed by atoms with Crippen LogP contribution in [0.2, 0.25) is 0 Å². The lowest BCUT2D eigenvalue weighted by molar-refractivity contribution is -0.128. The number of nitriles is 1. The standard InChI is InChI=1S/C19H21NO2/c1-2-3-4-5-19(21)22-18-12-10-17(11-13-18)16-8-6-15(14-20)7-9-16/h2-5,10-13,15-16H,6-9H2,1H3. The first kappa shape index (κ1) is 16.0. The third kappa shape index (κ3) is 4.60. The van der Waals surface area contributed by atoms with Gasteiger partial charge in [0.1, 0.15) is 5.75 Å². The molecule has 0 spiro atoms. The maximum atomic E-state index is 11.6. The summed E-state index contributed by atoms with van der Waals surface area (Å²) in [6.07, 6.45) is 10.8. The zero-order valence-electron chi connectivity index (χ0n) is 12.9. The van der Waals surface area contributed by atoms with E-state index < -0.39 is 0 Å². The van der Waals surface area contributed by atoms with Crippen LogP contribution in [0.5, 0.6) is 5.75 Å². The fourth-order valence-corrected chi connectivity index (χ4v) is 2.76. The molecule has 0 bridgehead atoms. The van der Waals surface area contributed by atoms with Gasteiger partial charge in [-0.2, -0.15) is 5.26 Å². The molecule has 0 unspecified atom stereocenters. The Labute approximate surface area is 131 Å². The van der Waals surface area contributed by atoms with E-state index in [1.54, 1.807) is 12.2 Å². The van der Waals surface area contributed by atoms with Crippen molar-refractivity contribution in [3.05, 3.63) is 54.1 Å². The molecule has 0 radical (unpaired) electrons. The monoisotopic (exact) mass is 295 g/mol. The lowest BCUT2D eigenvalue weighted by atomic mass is 9.79. The van der Waals surface area contributed by atoms with Gasteiger partial charge in [-0.3, -0.25) is 0 Å². The zero-order valence-corrected chi connectivity index (χ0v) is 12.9. The summed E-state index contributed by atoms with van der Waals surface area (Å²) in [4.78, 5) is 11.6. The van der Waals surface area contributed by atoms with Crippen LogP contribution in [0.4, 0.5) is 0 Å². The summed E-state index contributed by atoms with van der Waals surface area (Å²) < 4.78 is 5.24. The summed E-state index contributed by atoms with van der Waals surface area (Å²) in [6.45, 7) is 1.89. The fraction of sp³-hybridized carbons (Fsp3) is 0.368. The Kier molecular flexibility index (Phi) is 5.97. The maximum absolute atomic E-state index is 11.6. The minimum absolute atomic E-state index is 0.223. The van der Waals surface area contributed by atoms with Gasteiger partial charge in [-0.25, -0.2) is 4.79 Å². The van der Waals surface area contributed by atoms with Crippen LogP contribution < -0.4 is 4.74 Å². The van der Waals surface area contributed by atoms with E-state index in [9.17, 15) is 4.79 Å². The minimum atomic E-state index is -0.375. The largest absolute Gasteiger partial charge is 0.423 e. The highest BCUT2D eigenvalue weighted by atomic mass is 16.5. The number of hydrogen-bond donors (Lipinski definition) is 0. The molecule has 0 heterocycles. The number of carbonyl (C=O) groups excluding carboxylic acids is 1. The Morgan fingerprint density at radius 1 is 1.18 bits per heavy atom. The normalized spacial score (nSPS) is 21.8. The summed E-state index contributed by atoms with van der Waals surface area (Å²) in [7, 11) is 0. The van der Waals surface area contributed by atoms with Gasteiger partial charge in [0.15, 0.2) is 0 Å². The maximum Gasteiger partial charge on any atom is 0.336 e. The molecular formula is C19H21NO2. The van der Waals surface area contributed by atoms with Crippen molar-refractivity contribution in [1.82, 2.24) is 0 Å². The number of nitrogens with zero attached hydrogens (tertiary/aromatic N) is 1. The Bertz CT molecular complexity index is 585. The Morgan fingerprint density at radius 2 is 1.86 bits per heavy atom. The SMILES string of the molecule is CC=CC=CC(=O)Oc1ccc(C2CCC(C#N)CC2)cc1. The van der Waals surface area contributed by atoms with Crippen molar-refractivity contribution in [2.45, 2.75) is 38.5 Å². The molecule has 0 N–H and O–H groups in total. The van der Waals surface area contributed by atoms with Crippen LogP contribution in [0.15, 0.2) is 48.6 Å². The first-order valence-electron chi connectivity index (χ1n) is 7.73. The van der Waals surface area contributed by atoms with E-state index in [0.717, 1.165) is 25.7 Å². The molecule has 22 heavy (non-hydrogen) atoms. The van der Waals surface area contributed by atoms with Gasteiger partial charge in [-0.15, -0.1) is 0 Å². The van der Waals surface area contributed by atoms with E-state index in [2.05, 4.69) is 6.07 Å². The molecular weight excluding hydrogens is 274 g/mol. The van der Waals surface area contributed by atoms with E-state index in [1.807, 2.05) is 37.3 Å². The first-order chi connectivity index (χ1) is 10.7. The van der Waals surface area contributed by atoms with Crippen molar-refractivity contribution in [1.29, 1.82) is 5.26 Å². The summed E-state index contributed by atoms with van der Waals surface area (Å²) in [5.41, 5.74) is 1.26. The second-order valence-corrected chi connectivity index (χ2v) is 5.55. The smallest absolute Gasteiger partial charge is 0.336 e. The number of esters is 1. The topological polar surface area (TPSA) is 50.1 Å². The van der Waals surface area contributed by atoms with E-state index >= 15 is 0 Å². The van der Waals surface area contributed by atoms with Crippen LogP contribution in [-0.4, -0.2) is 5.97 Å². The third-order valence-corrected chi connectivity index (χ3v) is 4.02. The molecule has 0 saturated heterocycles. The summed E-state index contributed by atoms with van der Waals surface area (Å²) in [6, 6.07) is 10.1. The number of carbonyl (C=O) groups is 1. The van der Waals surface area contributed by atoms with Crippen LogP contribution in [0, 0.1) is 17.2 Å². The van der Waals surface area contributed by atoms with Crippen molar-refractivity contribution in [2.75, 3.05) is 0 Å². The fourth-order valence-electron chi connectivity index (χ4n) is 2.76. The molecule has 3 heteroatoms. The van der Waals surface area contributed by atoms with Crippen LogP contribution >= 0.6 is 0 Å². The van der Waals surface area contributed by atoms with Crippen molar-refractivity contribution < 1.29 is 9.53 Å². The summed E-state index contributed by atoms with van der Waals surface area (Å²) in [5, 5.41) is 8.94. The number of benzene rings is 1. The van der Waals surface area contributed by atoms with E-state index in [4.69, 9.17) is 10.00 Å².